The van der Waals surface area contributed by atoms with Crippen molar-refractivity contribution in [2.24, 2.45) is 0 Å². The summed E-state index contributed by atoms with van der Waals surface area (Å²) in [6.45, 7) is 9.34. The molecule has 198 valence electrons. The number of rotatable bonds is 26. The minimum absolute atomic E-state index is 0.0711. The number of carbonyl (C=O) groups is 1. The molecule has 0 saturated carbocycles. The second-order valence-electron chi connectivity index (χ2n) is 8.00. The van der Waals surface area contributed by atoms with Gasteiger partial charge < -0.3 is 28.4 Å². The van der Waals surface area contributed by atoms with Crippen molar-refractivity contribution in [1.29, 1.82) is 0 Å². The Bertz CT molecular complexity index is 422. The van der Waals surface area contributed by atoms with Gasteiger partial charge in [-0.1, -0.05) is 64.7 Å². The van der Waals surface area contributed by atoms with Crippen LogP contribution >= 0.6 is 20.4 Å². The van der Waals surface area contributed by atoms with Crippen LogP contribution in [0.25, 0.3) is 0 Å². The van der Waals surface area contributed by atoms with E-state index >= 15 is 0 Å². The number of thioether (sulfide) groups is 1. The Hall–Kier alpha value is 0.0500. The topological polar surface area (TPSA) is 75.2 Å². The number of carbonyl (C=O) groups excluding carboxylic acids is 1. The van der Waals surface area contributed by atoms with Crippen LogP contribution in [0.3, 0.4) is 0 Å². The van der Waals surface area contributed by atoms with Gasteiger partial charge in [0, 0.05) is 32.1 Å². The molecule has 0 rings (SSSR count). The van der Waals surface area contributed by atoms with Crippen LogP contribution in [0.5, 0.6) is 0 Å². The summed E-state index contributed by atoms with van der Waals surface area (Å²) in [7, 11) is 0.202. The quantitative estimate of drug-likeness (QED) is 0.111. The SMILES string of the molecule is CCCCCCCCCCCCOCCOCCSCC(COP(OC)OCC)NC(C)=O. The van der Waals surface area contributed by atoms with Gasteiger partial charge >= 0.3 is 8.60 Å². The second-order valence-corrected chi connectivity index (χ2v) is 10.5. The number of hydrogen-bond donors (Lipinski definition) is 1. The van der Waals surface area contributed by atoms with E-state index in [0.717, 1.165) is 24.5 Å². The molecule has 0 aromatic carbocycles. The van der Waals surface area contributed by atoms with Gasteiger partial charge in [-0.2, -0.15) is 11.8 Å². The molecule has 0 bridgehead atoms. The van der Waals surface area contributed by atoms with Crippen molar-refractivity contribution in [3.8, 4) is 0 Å². The lowest BCUT2D eigenvalue weighted by molar-refractivity contribution is -0.119. The number of nitrogens with one attached hydrogen (secondary N) is 1. The van der Waals surface area contributed by atoms with E-state index in [-0.39, 0.29) is 11.9 Å². The van der Waals surface area contributed by atoms with Gasteiger partial charge in [0.2, 0.25) is 5.91 Å². The van der Waals surface area contributed by atoms with Gasteiger partial charge in [-0.3, -0.25) is 4.79 Å². The molecule has 2 atom stereocenters. The lowest BCUT2D eigenvalue weighted by Crippen LogP contribution is -2.38. The molecule has 0 spiro atoms. The van der Waals surface area contributed by atoms with Gasteiger partial charge in [-0.25, -0.2) is 0 Å². The van der Waals surface area contributed by atoms with Crippen LogP contribution in [-0.2, 0) is 27.8 Å². The molecule has 0 radical (unpaired) electrons. The van der Waals surface area contributed by atoms with E-state index in [2.05, 4.69) is 12.2 Å². The smallest absolute Gasteiger partial charge is 0.332 e. The zero-order valence-electron chi connectivity index (χ0n) is 21.6. The predicted molar refractivity (Wildman–Crippen MR) is 140 cm³/mol. The van der Waals surface area contributed by atoms with Crippen LogP contribution in [0.4, 0.5) is 0 Å². The summed E-state index contributed by atoms with van der Waals surface area (Å²) in [6.07, 6.45) is 13.4. The first-order valence-electron chi connectivity index (χ1n) is 12.7. The van der Waals surface area contributed by atoms with E-state index in [4.69, 9.17) is 23.0 Å². The van der Waals surface area contributed by atoms with E-state index < -0.39 is 8.60 Å². The molecule has 2 unspecified atom stereocenters. The highest BCUT2D eigenvalue weighted by molar-refractivity contribution is 7.99. The van der Waals surface area contributed by atoms with Crippen LogP contribution in [0.1, 0.15) is 85.0 Å². The number of unbranched alkanes of at least 4 members (excludes halogenated alkanes) is 9. The van der Waals surface area contributed by atoms with E-state index in [1.165, 1.54) is 64.7 Å². The molecule has 0 aliphatic carbocycles. The third-order valence-electron chi connectivity index (χ3n) is 4.88. The molecular weight excluding hydrogens is 461 g/mol. The Labute approximate surface area is 208 Å². The Balaban J connectivity index is 3.49. The highest BCUT2D eigenvalue weighted by Crippen LogP contribution is 2.38. The van der Waals surface area contributed by atoms with Crippen LogP contribution in [0, 0.1) is 0 Å². The third kappa shape index (κ3) is 25.0. The van der Waals surface area contributed by atoms with Crippen molar-refractivity contribution in [2.45, 2.75) is 91.0 Å². The summed E-state index contributed by atoms with van der Waals surface area (Å²) in [4.78, 5) is 11.4. The molecule has 0 fully saturated rings. The molecule has 0 aromatic rings. The minimum atomic E-state index is -1.36. The maximum atomic E-state index is 11.4. The van der Waals surface area contributed by atoms with Crippen molar-refractivity contribution in [1.82, 2.24) is 5.32 Å². The molecule has 7 nitrogen and oxygen atoms in total. The van der Waals surface area contributed by atoms with E-state index in [1.807, 2.05) is 6.92 Å². The monoisotopic (exact) mass is 511 g/mol. The zero-order valence-corrected chi connectivity index (χ0v) is 23.3. The van der Waals surface area contributed by atoms with Crippen molar-refractivity contribution in [2.75, 3.05) is 58.3 Å². The van der Waals surface area contributed by atoms with Crippen molar-refractivity contribution >= 4 is 26.3 Å². The second kappa shape index (κ2) is 26.7. The van der Waals surface area contributed by atoms with Crippen LogP contribution < -0.4 is 5.32 Å². The fraction of sp³-hybridized carbons (Fsp3) is 0.958. The van der Waals surface area contributed by atoms with Gasteiger partial charge in [-0.15, -0.1) is 0 Å². The van der Waals surface area contributed by atoms with Crippen molar-refractivity contribution in [3.63, 3.8) is 0 Å². The molecule has 9 heteroatoms. The first-order chi connectivity index (χ1) is 16.1. The van der Waals surface area contributed by atoms with Gasteiger partial charge in [0.1, 0.15) is 0 Å². The third-order valence-corrected chi connectivity index (χ3v) is 7.10. The van der Waals surface area contributed by atoms with Crippen LogP contribution in [0.15, 0.2) is 0 Å². The average molecular weight is 512 g/mol. The first-order valence-corrected chi connectivity index (χ1v) is 15.0. The molecule has 0 heterocycles. The summed E-state index contributed by atoms with van der Waals surface area (Å²) in [5.41, 5.74) is 0. The van der Waals surface area contributed by atoms with Gasteiger partial charge in [0.05, 0.1) is 39.1 Å². The minimum Gasteiger partial charge on any atom is -0.379 e. The highest BCUT2D eigenvalue weighted by Gasteiger charge is 2.16. The van der Waals surface area contributed by atoms with Gasteiger partial charge in [0.25, 0.3) is 0 Å². The Morgan fingerprint density at radius 2 is 1.45 bits per heavy atom. The largest absolute Gasteiger partial charge is 0.379 e. The first kappa shape index (κ1) is 33.0. The lowest BCUT2D eigenvalue weighted by Gasteiger charge is -2.20. The predicted octanol–water partition coefficient (Wildman–Crippen LogP) is 6.10. The van der Waals surface area contributed by atoms with Crippen molar-refractivity contribution in [3.05, 3.63) is 0 Å². The Morgan fingerprint density at radius 1 is 0.848 bits per heavy atom. The molecule has 0 aliphatic heterocycles. The number of amides is 1. The zero-order chi connectivity index (χ0) is 24.4. The molecule has 1 N–H and O–H groups in total. The summed E-state index contributed by atoms with van der Waals surface area (Å²) in [5.74, 6) is 1.54. The van der Waals surface area contributed by atoms with Crippen LogP contribution in [0.2, 0.25) is 0 Å². The molecular formula is C24H50NO6PS. The molecule has 0 saturated heterocycles. The molecule has 33 heavy (non-hydrogen) atoms. The maximum absolute atomic E-state index is 11.4. The fourth-order valence-electron chi connectivity index (χ4n) is 3.17. The summed E-state index contributed by atoms with van der Waals surface area (Å²) >= 11 is 1.73. The summed E-state index contributed by atoms with van der Waals surface area (Å²) < 4.78 is 27.4. The lowest BCUT2D eigenvalue weighted by atomic mass is 10.1. The van der Waals surface area contributed by atoms with E-state index in [1.54, 1.807) is 18.9 Å². The molecule has 1 amide bonds. The Kier molecular flexibility index (Phi) is 26.7. The molecule has 0 aliphatic rings. The van der Waals surface area contributed by atoms with E-state index in [9.17, 15) is 4.79 Å². The van der Waals surface area contributed by atoms with Gasteiger partial charge in [0.15, 0.2) is 0 Å². The number of ether oxygens (including phenoxy) is 2. The maximum Gasteiger partial charge on any atom is 0.332 e. The highest BCUT2D eigenvalue weighted by atomic mass is 32.2. The fourth-order valence-corrected chi connectivity index (χ4v) is 4.84. The van der Waals surface area contributed by atoms with Crippen molar-refractivity contribution < 1.29 is 27.8 Å². The summed E-state index contributed by atoms with van der Waals surface area (Å²) in [6, 6.07) is -0.0857. The summed E-state index contributed by atoms with van der Waals surface area (Å²) in [5, 5.41) is 2.91. The number of hydrogen-bond acceptors (Lipinski definition) is 7. The molecule has 0 aromatic heterocycles. The average Bonchev–Trinajstić information content (AvgIpc) is 2.80. The Morgan fingerprint density at radius 3 is 2.03 bits per heavy atom. The van der Waals surface area contributed by atoms with Crippen LogP contribution in [-0.4, -0.2) is 70.2 Å². The van der Waals surface area contributed by atoms with E-state index in [0.29, 0.717) is 33.0 Å². The normalized spacial score (nSPS) is 13.2. The van der Waals surface area contributed by atoms with Gasteiger partial charge in [-0.05, 0) is 13.3 Å². The standard InChI is InChI=1S/C24H50NO6PS/c1-5-7-8-9-10-11-12-13-14-15-16-28-17-18-29-19-20-33-22-24(25-23(3)26)21-31-32(27-4)30-6-2/h24H,5-22H2,1-4H3,(H,25,26).